The Morgan fingerprint density at radius 1 is 1.11 bits per heavy atom. The Morgan fingerprint density at radius 3 is 2.49 bits per heavy atom. The van der Waals surface area contributed by atoms with Crippen molar-refractivity contribution in [3.63, 3.8) is 0 Å². The van der Waals surface area contributed by atoms with Crippen LogP contribution < -0.4 is 10.6 Å². The molecule has 0 radical (unpaired) electrons. The van der Waals surface area contributed by atoms with Gasteiger partial charge in [-0.2, -0.15) is 11.8 Å². The van der Waals surface area contributed by atoms with Crippen LogP contribution in [-0.4, -0.2) is 73.5 Å². The average molecular weight is 495 g/mol. The molecule has 2 saturated heterocycles. The minimum atomic E-state index is -0.0686. The standard InChI is InChI=1S/C27H34N4O3S/c28-27(29)22-3-6-25(23(18-22)19-32)21-1-4-24(5-2-21)31-9-7-20(8-10-31)17-26(33)34-14-11-30-12-15-35-16-13-30/h1-6,20H,7-18H2,(H3,28,29). The molecule has 0 unspecified atom stereocenters. The van der Waals surface area contributed by atoms with Crippen LogP contribution in [0.4, 0.5) is 5.69 Å². The fraction of sp³-hybridized carbons (Fsp3) is 0.481. The molecule has 2 fully saturated rings. The highest BCUT2D eigenvalue weighted by molar-refractivity contribution is 7.99. The molecule has 186 valence electrons. The maximum atomic E-state index is 12.3. The number of ether oxygens (including phenoxy) is 1. The lowest BCUT2D eigenvalue weighted by molar-refractivity contribution is -0.145. The Hall–Kier alpha value is -2.80. The molecule has 1 aromatic carbocycles. The number of piperidine rings is 1. The van der Waals surface area contributed by atoms with E-state index in [2.05, 4.69) is 21.9 Å². The van der Waals surface area contributed by atoms with Gasteiger partial charge in [-0.1, -0.05) is 24.3 Å². The minimum Gasteiger partial charge on any atom is -0.464 e. The average Bonchev–Trinajstić information content (AvgIpc) is 2.89. The van der Waals surface area contributed by atoms with Gasteiger partial charge in [0, 0.05) is 68.3 Å². The molecule has 7 nitrogen and oxygen atoms in total. The monoisotopic (exact) mass is 494 g/mol. The number of amidine groups is 1. The first-order chi connectivity index (χ1) is 17.0. The molecule has 35 heavy (non-hydrogen) atoms. The lowest BCUT2D eigenvalue weighted by Crippen LogP contribution is -2.36. The van der Waals surface area contributed by atoms with Crippen molar-refractivity contribution >= 4 is 40.8 Å². The van der Waals surface area contributed by atoms with Gasteiger partial charge in [-0.3, -0.25) is 15.1 Å². The largest absolute Gasteiger partial charge is 0.464 e. The number of nitrogens with two attached hydrogens (primary N) is 1. The third-order valence-corrected chi connectivity index (χ3v) is 7.94. The lowest BCUT2D eigenvalue weighted by atomic mass is 9.88. The summed E-state index contributed by atoms with van der Waals surface area (Å²) >= 11 is 1.99. The number of thioether (sulfide) groups is 1. The second-order valence-electron chi connectivity index (χ2n) is 9.30. The van der Waals surface area contributed by atoms with Gasteiger partial charge in [0.1, 0.15) is 18.4 Å². The number of allylic oxidation sites excluding steroid dienone is 4. The number of esters is 1. The van der Waals surface area contributed by atoms with Crippen LogP contribution in [0.25, 0.3) is 5.57 Å². The van der Waals surface area contributed by atoms with E-state index in [4.69, 9.17) is 15.9 Å². The van der Waals surface area contributed by atoms with Gasteiger partial charge in [0.2, 0.25) is 0 Å². The van der Waals surface area contributed by atoms with Crippen LogP contribution in [0.2, 0.25) is 0 Å². The maximum Gasteiger partial charge on any atom is 0.306 e. The van der Waals surface area contributed by atoms with Gasteiger partial charge in [0.25, 0.3) is 0 Å². The van der Waals surface area contributed by atoms with E-state index in [1.165, 1.54) is 11.5 Å². The summed E-state index contributed by atoms with van der Waals surface area (Å²) in [5, 5.41) is 7.59. The van der Waals surface area contributed by atoms with Crippen LogP contribution in [-0.2, 0) is 14.3 Å². The number of carbonyl (C=O) groups is 1. The van der Waals surface area contributed by atoms with Crippen molar-refractivity contribution in [2.75, 3.05) is 55.7 Å². The minimum absolute atomic E-state index is 0.0169. The first-order valence-electron chi connectivity index (χ1n) is 12.3. The Labute approximate surface area is 211 Å². The molecule has 3 N–H and O–H groups in total. The SMILES string of the molecule is N=C(N)C1=CC=C(c2ccc(N3CCC(CC(=O)OCCN4CCSCC4)CC3)cc2)C(=C=O)C1. The molecular weight excluding hydrogens is 460 g/mol. The number of benzene rings is 1. The molecule has 2 heterocycles. The van der Waals surface area contributed by atoms with E-state index in [1.54, 1.807) is 6.08 Å². The molecular formula is C27H34N4O3S. The van der Waals surface area contributed by atoms with E-state index in [1.807, 2.05) is 35.9 Å². The summed E-state index contributed by atoms with van der Waals surface area (Å²) in [6.45, 7) is 5.34. The number of carbonyl (C=O) groups excluding carboxylic acids is 2. The summed E-state index contributed by atoms with van der Waals surface area (Å²) < 4.78 is 5.51. The van der Waals surface area contributed by atoms with Crippen LogP contribution in [0.3, 0.4) is 0 Å². The highest BCUT2D eigenvalue weighted by Gasteiger charge is 2.23. The quantitative estimate of drug-likeness (QED) is 0.248. The van der Waals surface area contributed by atoms with E-state index in [0.717, 1.165) is 62.4 Å². The fourth-order valence-electron chi connectivity index (χ4n) is 4.83. The van der Waals surface area contributed by atoms with E-state index in [-0.39, 0.29) is 11.8 Å². The van der Waals surface area contributed by atoms with Crippen LogP contribution >= 0.6 is 11.8 Å². The van der Waals surface area contributed by atoms with E-state index in [9.17, 15) is 9.59 Å². The molecule has 3 aliphatic rings. The summed E-state index contributed by atoms with van der Waals surface area (Å²) in [4.78, 5) is 28.5. The van der Waals surface area contributed by atoms with Crippen LogP contribution in [0.5, 0.6) is 0 Å². The van der Waals surface area contributed by atoms with Crippen LogP contribution in [0.1, 0.15) is 31.2 Å². The number of rotatable bonds is 8. The second kappa shape index (κ2) is 12.2. The Morgan fingerprint density at radius 2 is 1.83 bits per heavy atom. The first-order valence-corrected chi connectivity index (χ1v) is 13.5. The van der Waals surface area contributed by atoms with Gasteiger partial charge < -0.3 is 15.4 Å². The predicted molar refractivity (Wildman–Crippen MR) is 143 cm³/mol. The highest BCUT2D eigenvalue weighted by Crippen LogP contribution is 2.32. The van der Waals surface area contributed by atoms with Crippen molar-refractivity contribution in [3.05, 3.63) is 53.1 Å². The second-order valence-corrected chi connectivity index (χ2v) is 10.5. The molecule has 0 amide bonds. The van der Waals surface area contributed by atoms with Crippen molar-refractivity contribution in [3.8, 4) is 0 Å². The Bertz CT molecular complexity index is 1030. The molecule has 0 spiro atoms. The van der Waals surface area contributed by atoms with Gasteiger partial charge in [-0.15, -0.1) is 0 Å². The number of nitrogens with one attached hydrogen (secondary N) is 1. The molecule has 1 aromatic rings. The third kappa shape index (κ3) is 6.88. The number of hydrogen-bond donors (Lipinski definition) is 2. The van der Waals surface area contributed by atoms with E-state index < -0.39 is 0 Å². The predicted octanol–water partition coefficient (Wildman–Crippen LogP) is 3.29. The van der Waals surface area contributed by atoms with Gasteiger partial charge in [-0.05, 0) is 47.6 Å². The van der Waals surface area contributed by atoms with Gasteiger partial charge in [0.15, 0.2) is 0 Å². The molecule has 8 heteroatoms. The van der Waals surface area contributed by atoms with Gasteiger partial charge >= 0.3 is 5.97 Å². The lowest BCUT2D eigenvalue weighted by Gasteiger charge is -2.33. The number of nitrogens with zero attached hydrogens (tertiary/aromatic N) is 2. The van der Waals surface area contributed by atoms with E-state index in [0.29, 0.717) is 36.5 Å². The van der Waals surface area contributed by atoms with Crippen LogP contribution in [0, 0.1) is 11.3 Å². The smallest absolute Gasteiger partial charge is 0.306 e. The van der Waals surface area contributed by atoms with Crippen molar-refractivity contribution in [1.82, 2.24) is 4.90 Å². The topological polar surface area (TPSA) is 99.7 Å². The van der Waals surface area contributed by atoms with Crippen molar-refractivity contribution in [1.29, 1.82) is 5.41 Å². The molecule has 4 rings (SSSR count). The zero-order chi connectivity index (χ0) is 24.6. The van der Waals surface area contributed by atoms with Crippen molar-refractivity contribution < 1.29 is 14.3 Å². The molecule has 0 bridgehead atoms. The van der Waals surface area contributed by atoms with Crippen molar-refractivity contribution in [2.24, 2.45) is 11.7 Å². The number of anilines is 1. The zero-order valence-electron chi connectivity index (χ0n) is 20.1. The molecule has 1 aliphatic carbocycles. The third-order valence-electron chi connectivity index (χ3n) is 7.00. The summed E-state index contributed by atoms with van der Waals surface area (Å²) in [6, 6.07) is 8.21. The molecule has 0 atom stereocenters. The zero-order valence-corrected chi connectivity index (χ0v) is 20.9. The molecule has 2 aliphatic heterocycles. The summed E-state index contributed by atoms with van der Waals surface area (Å²) in [7, 11) is 0. The van der Waals surface area contributed by atoms with Gasteiger partial charge in [-0.25, -0.2) is 4.79 Å². The summed E-state index contributed by atoms with van der Waals surface area (Å²) in [5.41, 5.74) is 9.64. The van der Waals surface area contributed by atoms with Crippen LogP contribution in [0.15, 0.2) is 47.6 Å². The summed E-state index contributed by atoms with van der Waals surface area (Å²) in [5.74, 6) is 4.65. The normalized spacial score (nSPS) is 19.5. The first kappa shape index (κ1) is 25.3. The van der Waals surface area contributed by atoms with E-state index >= 15 is 0 Å². The Kier molecular flexibility index (Phi) is 8.85. The van der Waals surface area contributed by atoms with Crippen molar-refractivity contribution in [2.45, 2.75) is 25.7 Å². The Balaban J connectivity index is 1.24. The maximum absolute atomic E-state index is 12.3. The highest BCUT2D eigenvalue weighted by atomic mass is 32.2. The molecule has 0 saturated carbocycles. The number of hydrogen-bond acceptors (Lipinski definition) is 7. The van der Waals surface area contributed by atoms with Gasteiger partial charge in [0.05, 0.1) is 0 Å². The summed E-state index contributed by atoms with van der Waals surface area (Å²) in [6.07, 6.45) is 6.43. The molecule has 0 aromatic heterocycles. The fourth-order valence-corrected chi connectivity index (χ4v) is 5.81.